The van der Waals surface area contributed by atoms with Crippen LogP contribution in [0.25, 0.3) is 22.0 Å². The second-order valence-electron chi connectivity index (χ2n) is 5.99. The van der Waals surface area contributed by atoms with Crippen LogP contribution in [0.15, 0.2) is 36.4 Å². The van der Waals surface area contributed by atoms with Crippen LogP contribution < -0.4 is 5.32 Å². The fourth-order valence-corrected chi connectivity index (χ4v) is 3.76. The Morgan fingerprint density at radius 2 is 1.73 bits per heavy atom. The molecule has 134 valence electrons. The monoisotopic (exact) mass is 398 g/mol. The molecule has 3 nitrogen and oxygen atoms in total. The summed E-state index contributed by atoms with van der Waals surface area (Å²) >= 11 is 12.0. The predicted molar refractivity (Wildman–Crippen MR) is 94.7 cm³/mol. The van der Waals surface area contributed by atoms with E-state index in [4.69, 9.17) is 23.2 Å². The number of carbonyl (C=O) groups excluding carboxylic acids is 1. The summed E-state index contributed by atoms with van der Waals surface area (Å²) in [5, 5.41) is 3.08. The summed E-state index contributed by atoms with van der Waals surface area (Å²) in [7, 11) is 0. The van der Waals surface area contributed by atoms with Gasteiger partial charge in [0, 0.05) is 34.1 Å². The molecule has 0 aliphatic carbocycles. The van der Waals surface area contributed by atoms with Crippen molar-refractivity contribution in [1.82, 2.24) is 9.88 Å². The molecule has 2 aromatic carbocycles. The van der Waals surface area contributed by atoms with E-state index in [2.05, 4.69) is 5.32 Å². The van der Waals surface area contributed by atoms with Crippen molar-refractivity contribution in [2.45, 2.75) is 12.7 Å². The van der Waals surface area contributed by atoms with Gasteiger partial charge in [-0.05, 0) is 29.8 Å². The van der Waals surface area contributed by atoms with Gasteiger partial charge in [-0.1, -0.05) is 35.3 Å². The Morgan fingerprint density at radius 3 is 2.38 bits per heavy atom. The van der Waals surface area contributed by atoms with Crippen LogP contribution >= 0.6 is 23.2 Å². The summed E-state index contributed by atoms with van der Waals surface area (Å²) in [6.07, 6.45) is -4.69. The van der Waals surface area contributed by atoms with Crippen molar-refractivity contribution in [2.24, 2.45) is 0 Å². The fraction of sp³-hybridized carbons (Fsp3) is 0.167. The van der Waals surface area contributed by atoms with E-state index in [0.29, 0.717) is 21.7 Å². The van der Waals surface area contributed by atoms with E-state index in [1.807, 2.05) is 0 Å². The number of fused-ring (bicyclic) bond motifs is 3. The first-order valence-electron chi connectivity index (χ1n) is 7.74. The smallest absolute Gasteiger partial charge is 0.349 e. The molecule has 0 fully saturated rings. The molecule has 26 heavy (non-hydrogen) atoms. The lowest BCUT2D eigenvalue weighted by Crippen LogP contribution is -2.36. The molecular formula is C18H11Cl2F3N2O. The molecule has 4 rings (SSSR count). The summed E-state index contributed by atoms with van der Waals surface area (Å²) in [5.74, 6) is -0.738. The van der Waals surface area contributed by atoms with Crippen LogP contribution in [0, 0.1) is 0 Å². The van der Waals surface area contributed by atoms with Crippen molar-refractivity contribution in [2.75, 3.05) is 6.54 Å². The van der Waals surface area contributed by atoms with Crippen LogP contribution in [-0.2, 0) is 12.7 Å². The van der Waals surface area contributed by atoms with E-state index in [-0.39, 0.29) is 29.2 Å². The maximum absolute atomic E-state index is 13.8. The van der Waals surface area contributed by atoms with Crippen LogP contribution in [0.2, 0.25) is 10.0 Å². The third-order valence-electron chi connectivity index (χ3n) is 4.40. The summed E-state index contributed by atoms with van der Waals surface area (Å²) in [5.41, 5.74) is 0.199. The van der Waals surface area contributed by atoms with Crippen molar-refractivity contribution in [3.63, 3.8) is 0 Å². The van der Waals surface area contributed by atoms with E-state index in [1.54, 1.807) is 30.3 Å². The molecule has 0 unspecified atom stereocenters. The van der Waals surface area contributed by atoms with Crippen LogP contribution in [-0.4, -0.2) is 17.0 Å². The normalized spacial score (nSPS) is 14.4. The van der Waals surface area contributed by atoms with E-state index in [0.717, 1.165) is 0 Å². The highest BCUT2D eigenvalue weighted by Crippen LogP contribution is 2.44. The second-order valence-corrected chi connectivity index (χ2v) is 6.86. The molecule has 2 heterocycles. The third-order valence-corrected chi connectivity index (χ3v) is 4.87. The van der Waals surface area contributed by atoms with E-state index in [9.17, 15) is 18.0 Å². The summed E-state index contributed by atoms with van der Waals surface area (Å²) in [6.45, 7) is 0.505. The number of carbonyl (C=O) groups is 1. The molecule has 1 amide bonds. The van der Waals surface area contributed by atoms with Gasteiger partial charge in [-0.2, -0.15) is 13.2 Å². The van der Waals surface area contributed by atoms with Crippen molar-refractivity contribution < 1.29 is 18.0 Å². The van der Waals surface area contributed by atoms with Crippen molar-refractivity contribution in [3.05, 3.63) is 57.7 Å². The van der Waals surface area contributed by atoms with Crippen molar-refractivity contribution in [1.29, 1.82) is 0 Å². The first kappa shape index (κ1) is 17.2. The second kappa shape index (κ2) is 5.93. The zero-order valence-electron chi connectivity index (χ0n) is 13.1. The van der Waals surface area contributed by atoms with Gasteiger partial charge in [0.2, 0.25) is 0 Å². The minimum atomic E-state index is -4.69. The molecule has 0 spiro atoms. The topological polar surface area (TPSA) is 34.0 Å². The van der Waals surface area contributed by atoms with E-state index < -0.39 is 17.6 Å². The minimum absolute atomic E-state index is 0.0815. The lowest BCUT2D eigenvalue weighted by atomic mass is 10.0. The zero-order chi connectivity index (χ0) is 18.6. The minimum Gasteiger partial charge on any atom is -0.349 e. The molecule has 0 atom stereocenters. The number of hydrogen-bond donors (Lipinski definition) is 1. The average Bonchev–Trinajstić information content (AvgIpc) is 2.90. The van der Waals surface area contributed by atoms with Gasteiger partial charge in [0.25, 0.3) is 5.91 Å². The number of benzene rings is 2. The number of aromatic nitrogens is 1. The fourth-order valence-electron chi connectivity index (χ4n) is 3.42. The van der Waals surface area contributed by atoms with Gasteiger partial charge in [-0.25, -0.2) is 0 Å². The van der Waals surface area contributed by atoms with E-state index in [1.165, 1.54) is 10.6 Å². The molecular weight excluding hydrogens is 388 g/mol. The largest absolute Gasteiger partial charge is 0.419 e. The highest BCUT2D eigenvalue weighted by Gasteiger charge is 2.42. The number of nitrogens with zero attached hydrogens (tertiary/aromatic N) is 1. The highest BCUT2D eigenvalue weighted by molar-refractivity contribution is 6.32. The summed E-state index contributed by atoms with van der Waals surface area (Å²) < 4.78 is 42.8. The van der Waals surface area contributed by atoms with Gasteiger partial charge in [-0.15, -0.1) is 0 Å². The quantitative estimate of drug-likeness (QED) is 0.586. The third kappa shape index (κ3) is 2.64. The maximum Gasteiger partial charge on any atom is 0.419 e. The lowest BCUT2D eigenvalue weighted by Gasteiger charge is -2.19. The van der Waals surface area contributed by atoms with Gasteiger partial charge >= 0.3 is 6.18 Å². The molecule has 3 aromatic rings. The van der Waals surface area contributed by atoms with Gasteiger partial charge < -0.3 is 9.88 Å². The van der Waals surface area contributed by atoms with Gasteiger partial charge in [-0.3, -0.25) is 4.79 Å². The van der Waals surface area contributed by atoms with Crippen LogP contribution in [0.5, 0.6) is 0 Å². The van der Waals surface area contributed by atoms with Gasteiger partial charge in [0.1, 0.15) is 5.69 Å². The number of rotatable bonds is 1. The average molecular weight is 399 g/mol. The molecule has 0 radical (unpaired) electrons. The standard InChI is InChI=1S/C18H11Cl2F3N2O/c19-10-3-1-9(2-4-10)12-7-11(20)8-13-14(18(21,22)23)16-17(26)24-5-6-25(16)15(12)13/h1-4,7-8H,5-6H2,(H,24,26). The Morgan fingerprint density at radius 1 is 1.04 bits per heavy atom. The Bertz CT molecular complexity index is 1040. The van der Waals surface area contributed by atoms with Crippen molar-refractivity contribution >= 4 is 40.0 Å². The number of alkyl halides is 3. The first-order chi connectivity index (χ1) is 12.3. The Labute approximate surface area is 156 Å². The predicted octanol–water partition coefficient (Wildman–Crippen LogP) is 5.38. The number of hydrogen-bond acceptors (Lipinski definition) is 1. The van der Waals surface area contributed by atoms with Crippen LogP contribution in [0.3, 0.4) is 0 Å². The maximum atomic E-state index is 13.8. The van der Waals surface area contributed by atoms with Gasteiger partial charge in [0.15, 0.2) is 0 Å². The molecule has 0 bridgehead atoms. The summed E-state index contributed by atoms with van der Waals surface area (Å²) in [6, 6.07) is 9.60. The lowest BCUT2D eigenvalue weighted by molar-refractivity contribution is -0.136. The zero-order valence-corrected chi connectivity index (χ0v) is 14.6. The number of halogens is 5. The number of amides is 1. The number of nitrogens with one attached hydrogen (secondary N) is 1. The molecule has 8 heteroatoms. The molecule has 1 aliphatic rings. The van der Waals surface area contributed by atoms with Crippen LogP contribution in [0.1, 0.15) is 16.1 Å². The highest BCUT2D eigenvalue weighted by atomic mass is 35.5. The van der Waals surface area contributed by atoms with Crippen molar-refractivity contribution in [3.8, 4) is 11.1 Å². The Kier molecular flexibility index (Phi) is 3.93. The Hall–Kier alpha value is -2.18. The SMILES string of the molecule is O=C1NCCn2c1c(C(F)(F)F)c1cc(Cl)cc(-c3ccc(Cl)cc3)c12. The molecule has 1 aliphatic heterocycles. The van der Waals surface area contributed by atoms with Crippen LogP contribution in [0.4, 0.5) is 13.2 Å². The first-order valence-corrected chi connectivity index (χ1v) is 8.50. The summed E-state index contributed by atoms with van der Waals surface area (Å²) in [4.78, 5) is 12.2. The molecule has 1 aromatic heterocycles. The molecule has 0 saturated carbocycles. The molecule has 1 N–H and O–H groups in total. The Balaban J connectivity index is 2.16. The van der Waals surface area contributed by atoms with E-state index >= 15 is 0 Å². The molecule has 0 saturated heterocycles. The van der Waals surface area contributed by atoms with Gasteiger partial charge in [0.05, 0.1) is 11.1 Å².